The highest BCUT2D eigenvalue weighted by Gasteiger charge is 2.18. The largest absolute Gasteiger partial charge is 0.396 e. The summed E-state index contributed by atoms with van der Waals surface area (Å²) < 4.78 is 0. The number of carbonyl (C=O) groups excluding carboxylic acids is 1. The van der Waals surface area contributed by atoms with Crippen molar-refractivity contribution in [2.24, 2.45) is 0 Å². The molecule has 2 heterocycles. The van der Waals surface area contributed by atoms with E-state index in [0.717, 1.165) is 27.9 Å². The second-order valence-corrected chi connectivity index (χ2v) is 9.69. The van der Waals surface area contributed by atoms with Gasteiger partial charge in [-0.2, -0.15) is 0 Å². The molecule has 0 unspecified atom stereocenters. The highest BCUT2D eigenvalue weighted by atomic mass is 35.5. The number of nitrogens with zero attached hydrogens (tertiary/aromatic N) is 3. The minimum Gasteiger partial charge on any atom is -0.396 e. The van der Waals surface area contributed by atoms with Crippen LogP contribution in [0.5, 0.6) is 0 Å². The summed E-state index contributed by atoms with van der Waals surface area (Å²) in [6.07, 6.45) is 6.35. The quantitative estimate of drug-likeness (QED) is 0.450. The van der Waals surface area contributed by atoms with Crippen LogP contribution in [0, 0.1) is 0 Å². The molecule has 0 atom stereocenters. The first kappa shape index (κ1) is 25.8. The van der Waals surface area contributed by atoms with E-state index in [2.05, 4.69) is 36.8 Å². The molecule has 180 valence electrons. The first-order valence-corrected chi connectivity index (χ1v) is 11.8. The molecule has 3 rings (SSSR count). The smallest absolute Gasteiger partial charge is 0.253 e. The SMILES string of the molecule is CC(C)(C)c1cc(-c2cncc(-c3ccc(C(=O)N(CCCO)CCCO)cc3Cl)c2)ccn1. The lowest BCUT2D eigenvalue weighted by molar-refractivity contribution is 0.0734. The summed E-state index contributed by atoms with van der Waals surface area (Å²) in [4.78, 5) is 23.6. The van der Waals surface area contributed by atoms with Gasteiger partial charge in [-0.05, 0) is 48.7 Å². The van der Waals surface area contributed by atoms with Gasteiger partial charge in [0.25, 0.3) is 5.91 Å². The lowest BCUT2D eigenvalue weighted by atomic mass is 9.90. The number of rotatable bonds is 9. The van der Waals surface area contributed by atoms with Crippen molar-refractivity contribution in [1.82, 2.24) is 14.9 Å². The molecule has 0 spiro atoms. The van der Waals surface area contributed by atoms with E-state index in [-0.39, 0.29) is 24.5 Å². The maximum Gasteiger partial charge on any atom is 0.253 e. The molecule has 0 radical (unpaired) electrons. The van der Waals surface area contributed by atoms with Gasteiger partial charge in [-0.25, -0.2) is 0 Å². The van der Waals surface area contributed by atoms with Crippen LogP contribution in [0.25, 0.3) is 22.3 Å². The van der Waals surface area contributed by atoms with Gasteiger partial charge in [-0.15, -0.1) is 0 Å². The molecule has 0 aliphatic carbocycles. The average Bonchev–Trinajstić information content (AvgIpc) is 2.83. The van der Waals surface area contributed by atoms with E-state index in [1.807, 2.05) is 30.6 Å². The third-order valence-electron chi connectivity index (χ3n) is 5.59. The average molecular weight is 482 g/mol. The zero-order valence-corrected chi connectivity index (χ0v) is 20.7. The molecule has 0 fully saturated rings. The summed E-state index contributed by atoms with van der Waals surface area (Å²) in [5.74, 6) is -0.172. The summed E-state index contributed by atoms with van der Waals surface area (Å²) in [5, 5.41) is 18.7. The fourth-order valence-electron chi connectivity index (χ4n) is 3.67. The second kappa shape index (κ2) is 11.6. The van der Waals surface area contributed by atoms with Crippen molar-refractivity contribution in [3.63, 3.8) is 0 Å². The fourth-order valence-corrected chi connectivity index (χ4v) is 3.96. The van der Waals surface area contributed by atoms with Gasteiger partial charge in [0.05, 0.1) is 0 Å². The number of pyridine rings is 2. The van der Waals surface area contributed by atoms with Gasteiger partial charge in [0.15, 0.2) is 0 Å². The van der Waals surface area contributed by atoms with E-state index in [9.17, 15) is 4.79 Å². The molecular weight excluding hydrogens is 450 g/mol. The van der Waals surface area contributed by atoms with Crippen molar-refractivity contribution >= 4 is 17.5 Å². The number of halogens is 1. The van der Waals surface area contributed by atoms with Crippen molar-refractivity contribution in [3.05, 3.63) is 71.3 Å². The monoisotopic (exact) mass is 481 g/mol. The molecule has 2 N–H and O–H groups in total. The number of aliphatic hydroxyl groups excluding tert-OH is 2. The molecular formula is C27H32ClN3O3. The maximum absolute atomic E-state index is 13.0. The van der Waals surface area contributed by atoms with E-state index in [4.69, 9.17) is 21.8 Å². The molecule has 34 heavy (non-hydrogen) atoms. The topological polar surface area (TPSA) is 86.6 Å². The number of hydrogen-bond donors (Lipinski definition) is 2. The Hall–Kier alpha value is -2.80. The minimum atomic E-state index is -0.172. The molecule has 6 nitrogen and oxygen atoms in total. The third kappa shape index (κ3) is 6.41. The Kier molecular flexibility index (Phi) is 8.78. The Morgan fingerprint density at radius 3 is 2.24 bits per heavy atom. The number of amides is 1. The first-order chi connectivity index (χ1) is 16.2. The van der Waals surface area contributed by atoms with E-state index in [1.165, 1.54) is 0 Å². The van der Waals surface area contributed by atoms with Crippen molar-refractivity contribution in [2.75, 3.05) is 26.3 Å². The molecule has 0 aliphatic rings. The van der Waals surface area contributed by atoms with Crippen LogP contribution < -0.4 is 0 Å². The van der Waals surface area contributed by atoms with Crippen LogP contribution in [0.1, 0.15) is 49.7 Å². The lowest BCUT2D eigenvalue weighted by Crippen LogP contribution is -2.33. The highest BCUT2D eigenvalue weighted by molar-refractivity contribution is 6.33. The summed E-state index contributed by atoms with van der Waals surface area (Å²) >= 11 is 6.62. The van der Waals surface area contributed by atoms with Crippen LogP contribution >= 0.6 is 11.6 Å². The fraction of sp³-hybridized carbons (Fsp3) is 0.370. The van der Waals surface area contributed by atoms with Crippen molar-refractivity contribution < 1.29 is 15.0 Å². The Morgan fingerprint density at radius 2 is 1.62 bits per heavy atom. The summed E-state index contributed by atoms with van der Waals surface area (Å²) in [6, 6.07) is 11.3. The highest BCUT2D eigenvalue weighted by Crippen LogP contribution is 2.32. The van der Waals surface area contributed by atoms with Crippen LogP contribution in [-0.4, -0.2) is 57.3 Å². The molecule has 1 amide bonds. The normalized spacial score (nSPS) is 11.5. The van der Waals surface area contributed by atoms with Crippen LogP contribution in [-0.2, 0) is 5.41 Å². The van der Waals surface area contributed by atoms with Gasteiger partial charge in [0.1, 0.15) is 0 Å². The predicted octanol–water partition coefficient (Wildman–Crippen LogP) is 4.97. The standard InChI is InChI=1S/C27H32ClN3O3/c1-27(2,3)25-16-19(8-9-30-25)21-14-22(18-29-17-21)23-7-6-20(15-24(23)28)26(34)31(10-4-12-32)11-5-13-33/h6-9,14-18,32-33H,4-5,10-13H2,1-3H3. The van der Waals surface area contributed by atoms with Crippen molar-refractivity contribution in [1.29, 1.82) is 0 Å². The van der Waals surface area contributed by atoms with Crippen LogP contribution in [0.4, 0.5) is 0 Å². The Morgan fingerprint density at radius 1 is 0.941 bits per heavy atom. The number of carbonyl (C=O) groups is 1. The minimum absolute atomic E-state index is 0.000657. The lowest BCUT2D eigenvalue weighted by Gasteiger charge is -2.22. The summed E-state index contributed by atoms with van der Waals surface area (Å²) in [7, 11) is 0. The molecule has 0 saturated heterocycles. The Labute approximate surface area is 206 Å². The number of aliphatic hydroxyl groups is 2. The van der Waals surface area contributed by atoms with Gasteiger partial charge in [0, 0.05) is 83.3 Å². The molecule has 7 heteroatoms. The van der Waals surface area contributed by atoms with Crippen LogP contribution in [0.15, 0.2) is 55.0 Å². The molecule has 0 saturated carbocycles. The number of hydrogen-bond acceptors (Lipinski definition) is 5. The molecule has 2 aromatic heterocycles. The van der Waals surface area contributed by atoms with Gasteiger partial charge >= 0.3 is 0 Å². The number of benzene rings is 1. The van der Waals surface area contributed by atoms with Gasteiger partial charge in [-0.3, -0.25) is 14.8 Å². The van der Waals surface area contributed by atoms with Crippen molar-refractivity contribution in [3.8, 4) is 22.3 Å². The molecule has 3 aromatic rings. The molecule has 0 bridgehead atoms. The zero-order chi connectivity index (χ0) is 24.7. The second-order valence-electron chi connectivity index (χ2n) is 9.28. The number of aromatic nitrogens is 2. The predicted molar refractivity (Wildman–Crippen MR) is 136 cm³/mol. The van der Waals surface area contributed by atoms with Crippen LogP contribution in [0.2, 0.25) is 5.02 Å². The van der Waals surface area contributed by atoms with E-state index in [0.29, 0.717) is 36.5 Å². The Bertz CT molecular complexity index is 1120. The van der Waals surface area contributed by atoms with Crippen LogP contribution in [0.3, 0.4) is 0 Å². The van der Waals surface area contributed by atoms with Gasteiger partial charge < -0.3 is 15.1 Å². The third-order valence-corrected chi connectivity index (χ3v) is 5.90. The summed E-state index contributed by atoms with van der Waals surface area (Å²) in [6.45, 7) is 7.23. The molecule has 0 aliphatic heterocycles. The first-order valence-electron chi connectivity index (χ1n) is 11.5. The van der Waals surface area contributed by atoms with Gasteiger partial charge in [-0.1, -0.05) is 38.4 Å². The van der Waals surface area contributed by atoms with E-state index < -0.39 is 0 Å². The van der Waals surface area contributed by atoms with E-state index in [1.54, 1.807) is 23.2 Å². The molecule has 1 aromatic carbocycles. The van der Waals surface area contributed by atoms with Gasteiger partial charge in [0.2, 0.25) is 0 Å². The zero-order valence-electron chi connectivity index (χ0n) is 20.0. The maximum atomic E-state index is 13.0. The van der Waals surface area contributed by atoms with E-state index >= 15 is 0 Å². The van der Waals surface area contributed by atoms with Crippen molar-refractivity contribution in [2.45, 2.75) is 39.0 Å². The Balaban J connectivity index is 1.89. The summed E-state index contributed by atoms with van der Waals surface area (Å²) in [5.41, 5.74) is 5.04.